The highest BCUT2D eigenvalue weighted by Gasteiger charge is 2.15. The fraction of sp³-hybridized carbons (Fsp3) is 0.200. The summed E-state index contributed by atoms with van der Waals surface area (Å²) in [5.74, 6) is -0.201. The Bertz CT molecular complexity index is 547. The van der Waals surface area contributed by atoms with Crippen molar-refractivity contribution in [3.05, 3.63) is 48.6 Å². The summed E-state index contributed by atoms with van der Waals surface area (Å²) in [6.45, 7) is 2.45. The first-order chi connectivity index (χ1) is 9.20. The number of carbonyl (C=O) groups excluding carboxylic acids is 2. The molecule has 4 heteroatoms. The second-order valence-electron chi connectivity index (χ2n) is 4.22. The van der Waals surface area contributed by atoms with Gasteiger partial charge >= 0.3 is 0 Å². The maximum Gasteiger partial charge on any atom is 0.250 e. The summed E-state index contributed by atoms with van der Waals surface area (Å²) in [6.07, 6.45) is 7.44. The van der Waals surface area contributed by atoms with Gasteiger partial charge in [0, 0.05) is 17.9 Å². The number of benzene rings is 1. The molecule has 0 saturated heterocycles. The summed E-state index contributed by atoms with van der Waals surface area (Å²) in [4.78, 5) is 24.9. The van der Waals surface area contributed by atoms with Crippen molar-refractivity contribution in [1.82, 2.24) is 0 Å². The van der Waals surface area contributed by atoms with Crippen LogP contribution >= 0.6 is 0 Å². The summed E-state index contributed by atoms with van der Waals surface area (Å²) < 4.78 is 0. The van der Waals surface area contributed by atoms with Crippen LogP contribution < -0.4 is 10.2 Å². The summed E-state index contributed by atoms with van der Waals surface area (Å²) in [7, 11) is 0. The Labute approximate surface area is 112 Å². The molecule has 1 aromatic carbocycles. The average Bonchev–Trinajstić information content (AvgIpc) is 2.40. The highest BCUT2D eigenvalue weighted by atomic mass is 16.2. The van der Waals surface area contributed by atoms with Crippen LogP contribution in [0.2, 0.25) is 0 Å². The molecule has 0 unspecified atom stereocenters. The van der Waals surface area contributed by atoms with E-state index in [1.807, 2.05) is 18.2 Å². The van der Waals surface area contributed by atoms with E-state index in [2.05, 4.69) is 5.32 Å². The van der Waals surface area contributed by atoms with Crippen LogP contribution in [0.1, 0.15) is 13.3 Å². The van der Waals surface area contributed by atoms with Gasteiger partial charge in [-0.05, 0) is 43.7 Å². The largest absolute Gasteiger partial charge is 0.322 e. The van der Waals surface area contributed by atoms with Crippen LogP contribution in [-0.4, -0.2) is 18.4 Å². The van der Waals surface area contributed by atoms with Crippen LogP contribution in [0.4, 0.5) is 11.4 Å². The molecular weight excluding hydrogens is 240 g/mol. The van der Waals surface area contributed by atoms with E-state index in [4.69, 9.17) is 0 Å². The number of nitrogens with one attached hydrogen (secondary N) is 1. The van der Waals surface area contributed by atoms with Crippen molar-refractivity contribution in [1.29, 1.82) is 0 Å². The monoisotopic (exact) mass is 256 g/mol. The minimum absolute atomic E-state index is 0.0248. The quantitative estimate of drug-likeness (QED) is 0.845. The Morgan fingerprint density at radius 1 is 1.42 bits per heavy atom. The van der Waals surface area contributed by atoms with Crippen LogP contribution in [0.25, 0.3) is 0 Å². The Balaban J connectivity index is 2.17. The molecule has 1 aromatic rings. The van der Waals surface area contributed by atoms with Gasteiger partial charge in [0.15, 0.2) is 0 Å². The number of rotatable bonds is 3. The standard InChI is InChI=1S/C15H16N2O2/c1-2-6-14(18)16-12-7-5-8-13(11-12)17-10-4-3-9-15(17)19/h2-3,5-9,11H,4,10H2,1H3,(H,16,18). The molecule has 0 atom stereocenters. The molecular formula is C15H16N2O2. The van der Waals surface area contributed by atoms with Gasteiger partial charge in [0.25, 0.3) is 5.91 Å². The molecule has 2 rings (SSSR count). The number of carbonyl (C=O) groups is 2. The molecule has 2 amide bonds. The van der Waals surface area contributed by atoms with Gasteiger partial charge in [0.05, 0.1) is 0 Å². The summed E-state index contributed by atoms with van der Waals surface area (Å²) in [5.41, 5.74) is 1.48. The van der Waals surface area contributed by atoms with E-state index in [1.165, 1.54) is 6.08 Å². The van der Waals surface area contributed by atoms with E-state index in [0.29, 0.717) is 12.2 Å². The van der Waals surface area contributed by atoms with E-state index in [0.717, 1.165) is 12.1 Å². The lowest BCUT2D eigenvalue weighted by Gasteiger charge is -2.23. The molecule has 0 aromatic heterocycles. The van der Waals surface area contributed by atoms with Crippen molar-refractivity contribution in [3.8, 4) is 0 Å². The summed E-state index contributed by atoms with van der Waals surface area (Å²) in [6, 6.07) is 7.29. The maximum atomic E-state index is 11.8. The topological polar surface area (TPSA) is 49.4 Å². The van der Waals surface area contributed by atoms with E-state index < -0.39 is 0 Å². The molecule has 4 nitrogen and oxygen atoms in total. The fourth-order valence-corrected chi connectivity index (χ4v) is 1.93. The fourth-order valence-electron chi connectivity index (χ4n) is 1.93. The molecule has 0 aliphatic carbocycles. The van der Waals surface area contributed by atoms with E-state index >= 15 is 0 Å². The SMILES string of the molecule is CC=CC(=O)Nc1cccc(N2CCC=CC2=O)c1. The van der Waals surface area contributed by atoms with Gasteiger partial charge in [-0.25, -0.2) is 0 Å². The van der Waals surface area contributed by atoms with Gasteiger partial charge in [-0.1, -0.05) is 18.2 Å². The van der Waals surface area contributed by atoms with Crippen molar-refractivity contribution >= 4 is 23.2 Å². The minimum Gasteiger partial charge on any atom is -0.322 e. The van der Waals surface area contributed by atoms with E-state index in [-0.39, 0.29) is 11.8 Å². The van der Waals surface area contributed by atoms with Gasteiger partial charge in [-0.3, -0.25) is 9.59 Å². The second kappa shape index (κ2) is 6.00. The molecule has 1 heterocycles. The Hall–Kier alpha value is -2.36. The number of amides is 2. The van der Waals surface area contributed by atoms with Gasteiger partial charge in [0.2, 0.25) is 5.91 Å². The third-order valence-corrected chi connectivity index (χ3v) is 2.79. The zero-order valence-corrected chi connectivity index (χ0v) is 10.8. The molecule has 0 saturated carbocycles. The van der Waals surface area contributed by atoms with Gasteiger partial charge in [0.1, 0.15) is 0 Å². The molecule has 19 heavy (non-hydrogen) atoms. The highest BCUT2D eigenvalue weighted by Crippen LogP contribution is 2.21. The van der Waals surface area contributed by atoms with Crippen molar-refractivity contribution < 1.29 is 9.59 Å². The second-order valence-corrected chi connectivity index (χ2v) is 4.22. The molecule has 0 radical (unpaired) electrons. The molecule has 0 spiro atoms. The number of anilines is 2. The van der Waals surface area contributed by atoms with Crippen LogP contribution in [0, 0.1) is 0 Å². The van der Waals surface area contributed by atoms with Crippen molar-refractivity contribution in [3.63, 3.8) is 0 Å². The Morgan fingerprint density at radius 3 is 3.00 bits per heavy atom. The molecule has 98 valence electrons. The van der Waals surface area contributed by atoms with Gasteiger partial charge < -0.3 is 10.2 Å². The van der Waals surface area contributed by atoms with E-state index in [9.17, 15) is 9.59 Å². The zero-order valence-electron chi connectivity index (χ0n) is 10.8. The Morgan fingerprint density at radius 2 is 2.26 bits per heavy atom. The van der Waals surface area contributed by atoms with Crippen LogP contribution in [0.3, 0.4) is 0 Å². The van der Waals surface area contributed by atoms with E-state index in [1.54, 1.807) is 36.1 Å². The Kier molecular flexibility index (Phi) is 4.13. The van der Waals surface area contributed by atoms with Crippen molar-refractivity contribution in [2.24, 2.45) is 0 Å². The predicted molar refractivity (Wildman–Crippen MR) is 76.0 cm³/mol. The summed E-state index contributed by atoms with van der Waals surface area (Å²) in [5, 5.41) is 2.76. The molecule has 0 fully saturated rings. The smallest absolute Gasteiger partial charge is 0.250 e. The third-order valence-electron chi connectivity index (χ3n) is 2.79. The first kappa shape index (κ1) is 13.1. The van der Waals surface area contributed by atoms with Crippen molar-refractivity contribution in [2.45, 2.75) is 13.3 Å². The number of hydrogen-bond donors (Lipinski definition) is 1. The van der Waals surface area contributed by atoms with Crippen LogP contribution in [0.15, 0.2) is 48.6 Å². The predicted octanol–water partition coefficient (Wildman–Crippen LogP) is 2.49. The number of allylic oxidation sites excluding steroid dienone is 1. The highest BCUT2D eigenvalue weighted by molar-refractivity contribution is 6.03. The van der Waals surface area contributed by atoms with Crippen LogP contribution in [-0.2, 0) is 9.59 Å². The van der Waals surface area contributed by atoms with Gasteiger partial charge in [-0.15, -0.1) is 0 Å². The lowest BCUT2D eigenvalue weighted by atomic mass is 10.2. The first-order valence-electron chi connectivity index (χ1n) is 6.22. The maximum absolute atomic E-state index is 11.8. The van der Waals surface area contributed by atoms with Crippen LogP contribution in [0.5, 0.6) is 0 Å². The molecule has 1 aliphatic heterocycles. The minimum atomic E-state index is -0.176. The first-order valence-corrected chi connectivity index (χ1v) is 6.22. The molecule has 1 N–H and O–H groups in total. The lowest BCUT2D eigenvalue weighted by molar-refractivity contribution is -0.114. The van der Waals surface area contributed by atoms with Gasteiger partial charge in [-0.2, -0.15) is 0 Å². The molecule has 0 bridgehead atoms. The number of nitrogens with zero attached hydrogens (tertiary/aromatic N) is 1. The lowest BCUT2D eigenvalue weighted by Crippen LogP contribution is -2.32. The summed E-state index contributed by atoms with van der Waals surface area (Å²) >= 11 is 0. The molecule has 1 aliphatic rings. The number of hydrogen-bond acceptors (Lipinski definition) is 2. The zero-order chi connectivity index (χ0) is 13.7. The normalized spacial score (nSPS) is 15.0. The van der Waals surface area contributed by atoms with Crippen molar-refractivity contribution in [2.75, 3.05) is 16.8 Å². The third kappa shape index (κ3) is 3.31. The average molecular weight is 256 g/mol.